The van der Waals surface area contributed by atoms with Gasteiger partial charge in [-0.3, -0.25) is 9.59 Å². The number of rotatable bonds is 3. The summed E-state index contributed by atoms with van der Waals surface area (Å²) in [4.78, 5) is 23.4. The summed E-state index contributed by atoms with van der Waals surface area (Å²) in [5.41, 5.74) is -0.622. The van der Waals surface area contributed by atoms with Gasteiger partial charge in [0.25, 0.3) is 0 Å². The Bertz CT molecular complexity index is 272. The Morgan fingerprint density at radius 2 is 1.80 bits per heavy atom. The van der Waals surface area contributed by atoms with Gasteiger partial charge in [0.15, 0.2) is 0 Å². The molecule has 0 aromatic carbocycles. The Morgan fingerprint density at radius 3 is 2.07 bits per heavy atom. The number of amides is 1. The predicted molar refractivity (Wildman–Crippen MR) is 59.4 cm³/mol. The summed E-state index contributed by atoms with van der Waals surface area (Å²) in [5, 5.41) is 2.89. The van der Waals surface area contributed by atoms with Crippen molar-refractivity contribution < 1.29 is 9.59 Å². The van der Waals surface area contributed by atoms with Gasteiger partial charge in [0.1, 0.15) is 11.2 Å². The minimum absolute atomic E-state index is 0.0140. The van der Waals surface area contributed by atoms with E-state index in [1.54, 1.807) is 0 Å². The summed E-state index contributed by atoms with van der Waals surface area (Å²) in [6.07, 6.45) is 2.43. The van der Waals surface area contributed by atoms with E-state index in [1.165, 1.54) is 6.92 Å². The molecule has 0 unspecified atom stereocenters. The number of Topliss-reactive ketones (excluding diaryl/α,β-unsaturated/α-hetero) is 1. The Hall–Kier alpha value is -0.860. The van der Waals surface area contributed by atoms with E-state index in [-0.39, 0.29) is 17.1 Å². The number of carbonyl (C=O) groups excluding carboxylic acids is 2. The number of hydrogen-bond acceptors (Lipinski definition) is 2. The summed E-state index contributed by atoms with van der Waals surface area (Å²) in [7, 11) is 0. The second-order valence-electron chi connectivity index (χ2n) is 5.74. The number of nitrogens with one attached hydrogen (secondary N) is 1. The van der Waals surface area contributed by atoms with E-state index in [9.17, 15) is 9.59 Å². The van der Waals surface area contributed by atoms with Gasteiger partial charge in [-0.1, -0.05) is 27.2 Å². The highest BCUT2D eigenvalue weighted by Crippen LogP contribution is 2.42. The van der Waals surface area contributed by atoms with Gasteiger partial charge in [0.05, 0.1) is 0 Å². The van der Waals surface area contributed by atoms with Gasteiger partial charge in [-0.05, 0) is 25.2 Å². The van der Waals surface area contributed by atoms with Crippen LogP contribution < -0.4 is 5.32 Å². The first kappa shape index (κ1) is 12.2. The molecule has 1 aliphatic carbocycles. The summed E-state index contributed by atoms with van der Waals surface area (Å²) in [5.74, 6) is -0.0589. The first-order valence-electron chi connectivity index (χ1n) is 5.57. The quantitative estimate of drug-likeness (QED) is 0.725. The summed E-state index contributed by atoms with van der Waals surface area (Å²) >= 11 is 0. The average molecular weight is 211 g/mol. The monoisotopic (exact) mass is 211 g/mol. The van der Waals surface area contributed by atoms with Crippen LogP contribution in [0.4, 0.5) is 0 Å². The zero-order chi connectivity index (χ0) is 11.7. The number of carbonyl (C=O) groups is 2. The minimum atomic E-state index is -0.689. The van der Waals surface area contributed by atoms with Crippen LogP contribution in [0.3, 0.4) is 0 Å². The van der Waals surface area contributed by atoms with Gasteiger partial charge < -0.3 is 5.32 Å². The standard InChI is InChI=1S/C12H21NO2/c1-9(14)12(6-5-7-12)10(15)13-8-11(2,3)4/h5-8H2,1-4H3,(H,13,15). The van der Waals surface area contributed by atoms with Gasteiger partial charge in [-0.25, -0.2) is 0 Å². The molecule has 1 saturated carbocycles. The van der Waals surface area contributed by atoms with E-state index in [0.29, 0.717) is 6.54 Å². The normalized spacial score (nSPS) is 19.2. The van der Waals surface area contributed by atoms with Crippen LogP contribution >= 0.6 is 0 Å². The van der Waals surface area contributed by atoms with Crippen molar-refractivity contribution in [1.82, 2.24) is 5.32 Å². The minimum Gasteiger partial charge on any atom is -0.355 e. The summed E-state index contributed by atoms with van der Waals surface area (Å²) < 4.78 is 0. The Morgan fingerprint density at radius 1 is 1.27 bits per heavy atom. The van der Waals surface area contributed by atoms with Gasteiger partial charge in [0, 0.05) is 6.54 Å². The van der Waals surface area contributed by atoms with Crippen LogP contribution in [0.15, 0.2) is 0 Å². The second kappa shape index (κ2) is 3.95. The molecule has 1 rings (SSSR count). The fraction of sp³-hybridized carbons (Fsp3) is 0.833. The molecule has 1 fully saturated rings. The molecule has 3 heteroatoms. The molecule has 15 heavy (non-hydrogen) atoms. The van der Waals surface area contributed by atoms with Crippen molar-refractivity contribution in [2.24, 2.45) is 10.8 Å². The van der Waals surface area contributed by atoms with Crippen LogP contribution in [0.1, 0.15) is 47.0 Å². The lowest BCUT2D eigenvalue weighted by Crippen LogP contribution is -2.51. The molecule has 0 bridgehead atoms. The van der Waals surface area contributed by atoms with E-state index < -0.39 is 5.41 Å². The molecule has 1 aliphatic rings. The average Bonchev–Trinajstić information content (AvgIpc) is 1.96. The molecule has 0 atom stereocenters. The smallest absolute Gasteiger partial charge is 0.233 e. The van der Waals surface area contributed by atoms with Crippen LogP contribution in [0.2, 0.25) is 0 Å². The highest BCUT2D eigenvalue weighted by Gasteiger charge is 2.48. The Labute approximate surface area is 91.6 Å². The maximum Gasteiger partial charge on any atom is 0.233 e. The van der Waals surface area contributed by atoms with E-state index in [4.69, 9.17) is 0 Å². The SMILES string of the molecule is CC(=O)C1(C(=O)NCC(C)(C)C)CCC1. The van der Waals surface area contributed by atoms with Crippen LogP contribution in [0.5, 0.6) is 0 Å². The van der Waals surface area contributed by atoms with E-state index in [2.05, 4.69) is 26.1 Å². The van der Waals surface area contributed by atoms with Crippen molar-refractivity contribution in [1.29, 1.82) is 0 Å². The fourth-order valence-electron chi connectivity index (χ4n) is 1.78. The molecule has 0 spiro atoms. The molecule has 0 aromatic rings. The lowest BCUT2D eigenvalue weighted by Gasteiger charge is -2.38. The first-order chi connectivity index (χ1) is 6.78. The van der Waals surface area contributed by atoms with E-state index >= 15 is 0 Å². The zero-order valence-electron chi connectivity index (χ0n) is 10.1. The number of hydrogen-bond donors (Lipinski definition) is 1. The molecular formula is C12H21NO2. The molecule has 0 heterocycles. The molecule has 86 valence electrons. The third-order valence-corrected chi connectivity index (χ3v) is 3.09. The molecule has 3 nitrogen and oxygen atoms in total. The van der Waals surface area contributed by atoms with Crippen molar-refractivity contribution in [2.45, 2.75) is 47.0 Å². The van der Waals surface area contributed by atoms with Crippen molar-refractivity contribution in [3.8, 4) is 0 Å². The molecule has 1 amide bonds. The summed E-state index contributed by atoms with van der Waals surface area (Å²) in [6, 6.07) is 0. The first-order valence-corrected chi connectivity index (χ1v) is 5.57. The largest absolute Gasteiger partial charge is 0.355 e. The topological polar surface area (TPSA) is 46.2 Å². The lowest BCUT2D eigenvalue weighted by atomic mass is 9.65. The van der Waals surface area contributed by atoms with E-state index in [1.807, 2.05) is 0 Å². The highest BCUT2D eigenvalue weighted by molar-refractivity contribution is 6.05. The second-order valence-corrected chi connectivity index (χ2v) is 5.74. The van der Waals surface area contributed by atoms with Gasteiger partial charge in [-0.2, -0.15) is 0 Å². The molecular weight excluding hydrogens is 190 g/mol. The van der Waals surface area contributed by atoms with Crippen molar-refractivity contribution >= 4 is 11.7 Å². The molecule has 0 aliphatic heterocycles. The van der Waals surface area contributed by atoms with Gasteiger partial charge >= 0.3 is 0 Å². The fourth-order valence-corrected chi connectivity index (χ4v) is 1.78. The predicted octanol–water partition coefficient (Wildman–Crippen LogP) is 1.91. The Kier molecular flexibility index (Phi) is 3.22. The van der Waals surface area contributed by atoms with Crippen LogP contribution in [0, 0.1) is 10.8 Å². The lowest BCUT2D eigenvalue weighted by molar-refractivity contribution is -0.147. The molecule has 0 radical (unpaired) electrons. The molecule has 0 saturated heterocycles. The number of ketones is 1. The summed E-state index contributed by atoms with van der Waals surface area (Å²) in [6.45, 7) is 8.34. The zero-order valence-corrected chi connectivity index (χ0v) is 10.1. The van der Waals surface area contributed by atoms with Crippen LogP contribution in [0.25, 0.3) is 0 Å². The van der Waals surface area contributed by atoms with E-state index in [0.717, 1.165) is 19.3 Å². The highest BCUT2D eigenvalue weighted by atomic mass is 16.2. The van der Waals surface area contributed by atoms with Crippen molar-refractivity contribution in [2.75, 3.05) is 6.54 Å². The third-order valence-electron chi connectivity index (χ3n) is 3.09. The molecule has 1 N–H and O–H groups in total. The maximum atomic E-state index is 11.9. The van der Waals surface area contributed by atoms with Crippen LogP contribution in [-0.4, -0.2) is 18.2 Å². The maximum absolute atomic E-state index is 11.9. The Balaban J connectivity index is 2.56. The van der Waals surface area contributed by atoms with Crippen molar-refractivity contribution in [3.05, 3.63) is 0 Å². The van der Waals surface area contributed by atoms with Gasteiger partial charge in [-0.15, -0.1) is 0 Å². The van der Waals surface area contributed by atoms with Crippen LogP contribution in [-0.2, 0) is 9.59 Å². The van der Waals surface area contributed by atoms with Crippen molar-refractivity contribution in [3.63, 3.8) is 0 Å². The third kappa shape index (κ3) is 2.58. The van der Waals surface area contributed by atoms with Gasteiger partial charge in [0.2, 0.25) is 5.91 Å². The molecule has 0 aromatic heterocycles.